The van der Waals surface area contributed by atoms with Crippen LogP contribution in [0, 0.1) is 0 Å². The minimum absolute atomic E-state index is 0.308. The first-order valence-electron chi connectivity index (χ1n) is 12.1. The van der Waals surface area contributed by atoms with Gasteiger partial charge in [0.05, 0.1) is 11.7 Å². The van der Waals surface area contributed by atoms with Crippen LogP contribution < -0.4 is 10.1 Å². The minimum atomic E-state index is -0.570. The summed E-state index contributed by atoms with van der Waals surface area (Å²) in [5.74, 6) is 1.67. The Kier molecular flexibility index (Phi) is 8.74. The number of ether oxygens (including phenoxy) is 2. The van der Waals surface area contributed by atoms with Gasteiger partial charge in [-0.15, -0.1) is 0 Å². The second-order valence-corrected chi connectivity index (χ2v) is 9.46. The summed E-state index contributed by atoms with van der Waals surface area (Å²) in [7, 11) is 0. The van der Waals surface area contributed by atoms with Crippen molar-refractivity contribution in [2.24, 2.45) is 0 Å². The molecule has 0 unspecified atom stereocenters. The first kappa shape index (κ1) is 25.3. The number of hydrogen-bond donors (Lipinski definition) is 1. The Morgan fingerprint density at radius 3 is 2.35 bits per heavy atom. The maximum atomic E-state index is 12.7. The number of nitrogens with one attached hydrogen (secondary N) is 1. The molecule has 0 radical (unpaired) electrons. The van der Waals surface area contributed by atoms with E-state index in [0.29, 0.717) is 13.0 Å². The Morgan fingerprint density at radius 2 is 1.74 bits per heavy atom. The molecule has 2 aromatic carbocycles. The van der Waals surface area contributed by atoms with Gasteiger partial charge < -0.3 is 19.4 Å². The van der Waals surface area contributed by atoms with Gasteiger partial charge in [-0.1, -0.05) is 56.3 Å². The average molecular weight is 464 g/mol. The maximum absolute atomic E-state index is 12.7. The molecule has 0 spiro atoms. The quantitative estimate of drug-likeness (QED) is 0.386. The molecular weight excluding hydrogens is 426 g/mol. The van der Waals surface area contributed by atoms with Crippen molar-refractivity contribution in [2.45, 2.75) is 78.7 Å². The number of hydrogen-bond acceptors (Lipinski definition) is 4. The van der Waals surface area contributed by atoms with Crippen LogP contribution in [0.1, 0.15) is 69.7 Å². The van der Waals surface area contributed by atoms with E-state index in [-0.39, 0.29) is 6.04 Å². The van der Waals surface area contributed by atoms with Gasteiger partial charge in [0, 0.05) is 19.2 Å². The highest BCUT2D eigenvalue weighted by Crippen LogP contribution is 2.23. The van der Waals surface area contributed by atoms with E-state index in [1.165, 1.54) is 0 Å². The van der Waals surface area contributed by atoms with Crippen LogP contribution >= 0.6 is 0 Å². The smallest absolute Gasteiger partial charge is 0.408 e. The average Bonchev–Trinajstić information content (AvgIpc) is 3.21. The fraction of sp³-hybridized carbons (Fsp3) is 0.429. The monoisotopic (exact) mass is 463 g/mol. The van der Waals surface area contributed by atoms with Crippen LogP contribution in [0.2, 0.25) is 0 Å². The van der Waals surface area contributed by atoms with E-state index in [1.54, 1.807) is 0 Å². The van der Waals surface area contributed by atoms with Crippen molar-refractivity contribution in [1.29, 1.82) is 0 Å². The van der Waals surface area contributed by atoms with Crippen LogP contribution in [0.4, 0.5) is 4.79 Å². The number of carbonyl (C=O) groups is 1. The van der Waals surface area contributed by atoms with E-state index in [1.807, 2.05) is 75.4 Å². The number of aryl methyl sites for hydroxylation is 2. The van der Waals surface area contributed by atoms with E-state index < -0.39 is 11.7 Å². The molecule has 1 aromatic heterocycles. The fourth-order valence-corrected chi connectivity index (χ4v) is 3.71. The number of nitrogens with zero attached hydrogens (tertiary/aromatic N) is 2. The molecule has 1 atom stereocenters. The Balaban J connectivity index is 1.77. The van der Waals surface area contributed by atoms with Gasteiger partial charge in [0.1, 0.15) is 23.8 Å². The van der Waals surface area contributed by atoms with Gasteiger partial charge in [0.25, 0.3) is 0 Å². The summed E-state index contributed by atoms with van der Waals surface area (Å²) in [5.41, 5.74) is 2.66. The van der Waals surface area contributed by atoms with Crippen LogP contribution in [0.15, 0.2) is 60.8 Å². The highest BCUT2D eigenvalue weighted by Gasteiger charge is 2.24. The molecule has 0 bridgehead atoms. The third kappa shape index (κ3) is 7.65. The van der Waals surface area contributed by atoms with Gasteiger partial charge in [-0.2, -0.15) is 0 Å². The van der Waals surface area contributed by atoms with E-state index in [9.17, 15) is 4.79 Å². The number of amides is 1. The number of rotatable bonds is 10. The third-order valence-electron chi connectivity index (χ3n) is 5.30. The molecule has 0 aliphatic heterocycles. The number of imidazole rings is 1. The van der Waals surface area contributed by atoms with E-state index in [0.717, 1.165) is 47.8 Å². The molecular formula is C28H37N3O3. The van der Waals surface area contributed by atoms with Gasteiger partial charge in [0.2, 0.25) is 0 Å². The summed E-state index contributed by atoms with van der Waals surface area (Å²) >= 11 is 0. The van der Waals surface area contributed by atoms with Crippen LogP contribution in [0.25, 0.3) is 0 Å². The molecule has 182 valence electrons. The van der Waals surface area contributed by atoms with E-state index >= 15 is 0 Å². The van der Waals surface area contributed by atoms with Crippen LogP contribution in [-0.2, 0) is 30.7 Å². The predicted molar refractivity (Wildman–Crippen MR) is 135 cm³/mol. The number of alkyl carbamates (subject to hydrolysis) is 1. The molecule has 0 aliphatic rings. The largest absolute Gasteiger partial charge is 0.489 e. The molecule has 1 heterocycles. The van der Waals surface area contributed by atoms with Crippen molar-refractivity contribution in [1.82, 2.24) is 14.9 Å². The molecule has 1 N–H and O–H groups in total. The maximum Gasteiger partial charge on any atom is 0.408 e. The topological polar surface area (TPSA) is 65.4 Å². The first-order valence-corrected chi connectivity index (χ1v) is 12.1. The summed E-state index contributed by atoms with van der Waals surface area (Å²) in [6, 6.07) is 17.8. The summed E-state index contributed by atoms with van der Waals surface area (Å²) in [6.07, 6.45) is 4.07. The number of carbonyl (C=O) groups excluding carboxylic acids is 1. The van der Waals surface area contributed by atoms with Crippen molar-refractivity contribution in [3.05, 3.63) is 83.4 Å². The van der Waals surface area contributed by atoms with Crippen molar-refractivity contribution < 1.29 is 14.3 Å². The Labute approximate surface area is 203 Å². The van der Waals surface area contributed by atoms with Gasteiger partial charge in [-0.05, 0) is 56.9 Å². The number of aromatic nitrogens is 2. The Morgan fingerprint density at radius 1 is 1.03 bits per heavy atom. The second-order valence-electron chi connectivity index (χ2n) is 9.46. The zero-order chi connectivity index (χ0) is 24.6. The fourth-order valence-electron chi connectivity index (χ4n) is 3.71. The summed E-state index contributed by atoms with van der Waals surface area (Å²) < 4.78 is 13.6. The van der Waals surface area contributed by atoms with Crippen molar-refractivity contribution >= 4 is 6.09 Å². The molecule has 34 heavy (non-hydrogen) atoms. The molecule has 6 nitrogen and oxygen atoms in total. The SMILES string of the molecule is CCCn1cc(CC)nc1[C@@H](Cc1ccc(OCc2ccccc2)cc1)NC(=O)OC(C)(C)C. The van der Waals surface area contributed by atoms with Crippen LogP contribution in [-0.4, -0.2) is 21.2 Å². The zero-order valence-electron chi connectivity index (χ0n) is 21.0. The van der Waals surface area contributed by atoms with Gasteiger partial charge in [0.15, 0.2) is 0 Å². The molecule has 1 amide bonds. The lowest BCUT2D eigenvalue weighted by molar-refractivity contribution is 0.0500. The molecule has 3 aromatic rings. The van der Waals surface area contributed by atoms with Crippen LogP contribution in [0.5, 0.6) is 5.75 Å². The van der Waals surface area contributed by atoms with Gasteiger partial charge in [-0.25, -0.2) is 9.78 Å². The highest BCUT2D eigenvalue weighted by atomic mass is 16.6. The lowest BCUT2D eigenvalue weighted by Crippen LogP contribution is -2.36. The van der Waals surface area contributed by atoms with E-state index in [2.05, 4.69) is 29.9 Å². The first-order chi connectivity index (χ1) is 16.3. The molecule has 0 saturated carbocycles. The summed E-state index contributed by atoms with van der Waals surface area (Å²) in [4.78, 5) is 17.5. The Hall–Kier alpha value is -3.28. The highest BCUT2D eigenvalue weighted by molar-refractivity contribution is 5.68. The lowest BCUT2D eigenvalue weighted by Gasteiger charge is -2.24. The lowest BCUT2D eigenvalue weighted by atomic mass is 10.0. The summed E-state index contributed by atoms with van der Waals surface area (Å²) in [6.45, 7) is 11.2. The zero-order valence-corrected chi connectivity index (χ0v) is 21.0. The minimum Gasteiger partial charge on any atom is -0.489 e. The van der Waals surface area contributed by atoms with Gasteiger partial charge in [-0.3, -0.25) is 0 Å². The molecule has 0 fully saturated rings. The number of benzene rings is 2. The standard InChI is InChI=1S/C28H37N3O3/c1-6-17-31-19-23(7-2)29-26(31)25(30-27(32)34-28(3,4)5)18-21-13-15-24(16-14-21)33-20-22-11-9-8-10-12-22/h8-16,19,25H,6-7,17-18,20H2,1-5H3,(H,30,32)/t25-/m1/s1. The molecule has 0 aliphatic carbocycles. The van der Waals surface area contributed by atoms with Crippen molar-refractivity contribution in [3.8, 4) is 5.75 Å². The van der Waals surface area contributed by atoms with Gasteiger partial charge >= 0.3 is 6.09 Å². The second kappa shape index (κ2) is 11.7. The molecule has 0 saturated heterocycles. The van der Waals surface area contributed by atoms with Crippen LogP contribution in [0.3, 0.4) is 0 Å². The summed E-state index contributed by atoms with van der Waals surface area (Å²) in [5, 5.41) is 3.06. The normalized spacial score (nSPS) is 12.3. The third-order valence-corrected chi connectivity index (χ3v) is 5.30. The van der Waals surface area contributed by atoms with Crippen molar-refractivity contribution in [2.75, 3.05) is 0 Å². The van der Waals surface area contributed by atoms with Crippen molar-refractivity contribution in [3.63, 3.8) is 0 Å². The van der Waals surface area contributed by atoms with E-state index in [4.69, 9.17) is 14.5 Å². The Bertz CT molecular complexity index is 1040. The molecule has 6 heteroatoms. The predicted octanol–water partition coefficient (Wildman–Crippen LogP) is 6.24. The molecule has 3 rings (SSSR count).